The lowest BCUT2D eigenvalue weighted by molar-refractivity contribution is -0.137. The molecule has 2 aromatic carbocycles. The quantitative estimate of drug-likeness (QED) is 0.644. The normalized spacial score (nSPS) is 18.2. The topological polar surface area (TPSA) is 68.1 Å². The fraction of sp³-hybridized carbons (Fsp3) is 0.263. The second kappa shape index (κ2) is 7.27. The Morgan fingerprint density at radius 2 is 1.69 bits per heavy atom. The summed E-state index contributed by atoms with van der Waals surface area (Å²) in [4.78, 5) is -0.158. The van der Waals surface area contributed by atoms with Gasteiger partial charge in [-0.1, -0.05) is 35.5 Å². The molecule has 6 nitrogen and oxygen atoms in total. The van der Waals surface area contributed by atoms with Gasteiger partial charge in [0.25, 0.3) is 0 Å². The number of alkyl halides is 3. The van der Waals surface area contributed by atoms with Crippen LogP contribution in [0.1, 0.15) is 18.0 Å². The van der Waals surface area contributed by atoms with Crippen LogP contribution >= 0.6 is 0 Å². The van der Waals surface area contributed by atoms with Crippen molar-refractivity contribution in [3.05, 3.63) is 66.4 Å². The highest BCUT2D eigenvalue weighted by Gasteiger charge is 2.35. The lowest BCUT2D eigenvalue weighted by Gasteiger charge is -2.17. The van der Waals surface area contributed by atoms with Gasteiger partial charge in [-0.3, -0.25) is 0 Å². The molecule has 0 aliphatic carbocycles. The Kier molecular flexibility index (Phi) is 4.91. The number of hydrogen-bond donors (Lipinski definition) is 0. The number of nitrogens with zero attached hydrogens (tertiary/aromatic N) is 4. The molecule has 1 aliphatic heterocycles. The predicted octanol–water partition coefficient (Wildman–Crippen LogP) is 3.60. The molecule has 1 aromatic heterocycles. The standard InChI is InChI=1S/C19H17F3N4O2S/c20-19(21,22)15-6-8-17(9-7-15)29(27,28)25-11-10-16(12-25)26-13-18(23-24-26)14-4-2-1-3-5-14/h1-9,13,16H,10-12H2. The average Bonchev–Trinajstić information content (AvgIpc) is 3.38. The third-order valence-corrected chi connectivity index (χ3v) is 6.78. The van der Waals surface area contributed by atoms with Gasteiger partial charge in [0.15, 0.2) is 0 Å². The van der Waals surface area contributed by atoms with Gasteiger partial charge in [0.2, 0.25) is 10.0 Å². The van der Waals surface area contributed by atoms with Crippen molar-refractivity contribution in [2.75, 3.05) is 13.1 Å². The number of aromatic nitrogens is 3. The maximum absolute atomic E-state index is 12.8. The van der Waals surface area contributed by atoms with Crippen LogP contribution in [0, 0.1) is 0 Å². The minimum Gasteiger partial charge on any atom is -0.247 e. The lowest BCUT2D eigenvalue weighted by atomic mass is 10.2. The summed E-state index contributed by atoms with van der Waals surface area (Å²) < 4.78 is 66.6. The molecule has 1 unspecified atom stereocenters. The number of sulfonamides is 1. The van der Waals surface area contributed by atoms with Gasteiger partial charge in [-0.2, -0.15) is 17.5 Å². The van der Waals surface area contributed by atoms with Crippen LogP contribution in [0.3, 0.4) is 0 Å². The van der Waals surface area contributed by atoms with Crippen molar-refractivity contribution in [1.82, 2.24) is 19.3 Å². The summed E-state index contributed by atoms with van der Waals surface area (Å²) in [6.07, 6.45) is -2.20. The van der Waals surface area contributed by atoms with Crippen molar-refractivity contribution >= 4 is 10.0 Å². The molecular weight excluding hydrogens is 405 g/mol. The fourth-order valence-electron chi connectivity index (χ4n) is 3.31. The van der Waals surface area contributed by atoms with Gasteiger partial charge < -0.3 is 0 Å². The van der Waals surface area contributed by atoms with Gasteiger partial charge in [-0.05, 0) is 30.7 Å². The maximum atomic E-state index is 12.8. The molecule has 0 saturated carbocycles. The summed E-state index contributed by atoms with van der Waals surface area (Å²) in [6, 6.07) is 12.9. The largest absolute Gasteiger partial charge is 0.416 e. The molecule has 2 heterocycles. The van der Waals surface area contributed by atoms with Gasteiger partial charge in [0.05, 0.1) is 22.7 Å². The first-order valence-electron chi connectivity index (χ1n) is 8.90. The summed E-state index contributed by atoms with van der Waals surface area (Å²) in [6.45, 7) is 0.440. The van der Waals surface area contributed by atoms with E-state index in [4.69, 9.17) is 0 Å². The maximum Gasteiger partial charge on any atom is 0.416 e. The van der Waals surface area contributed by atoms with Gasteiger partial charge in [0.1, 0.15) is 5.69 Å². The number of rotatable bonds is 4. The van der Waals surface area contributed by atoms with Crippen LogP contribution in [-0.2, 0) is 16.2 Å². The number of benzene rings is 2. The SMILES string of the molecule is O=S(=O)(c1ccc(C(F)(F)F)cc1)N1CCC(n2cc(-c3ccccc3)nn2)C1. The highest BCUT2D eigenvalue weighted by Crippen LogP contribution is 2.32. The monoisotopic (exact) mass is 422 g/mol. The number of halogens is 3. The van der Waals surface area contributed by atoms with E-state index in [1.54, 1.807) is 10.9 Å². The van der Waals surface area contributed by atoms with E-state index in [2.05, 4.69) is 10.3 Å². The van der Waals surface area contributed by atoms with Gasteiger partial charge >= 0.3 is 6.18 Å². The van der Waals surface area contributed by atoms with Gasteiger partial charge in [-0.25, -0.2) is 13.1 Å². The molecule has 0 amide bonds. The zero-order valence-corrected chi connectivity index (χ0v) is 15.9. The zero-order chi connectivity index (χ0) is 20.6. The molecule has 1 atom stereocenters. The minimum absolute atomic E-state index is 0.158. The zero-order valence-electron chi connectivity index (χ0n) is 15.1. The summed E-state index contributed by atoms with van der Waals surface area (Å²) in [5, 5.41) is 8.27. The van der Waals surface area contributed by atoms with Gasteiger partial charge in [-0.15, -0.1) is 5.10 Å². The first-order valence-corrected chi connectivity index (χ1v) is 10.3. The Balaban J connectivity index is 1.50. The summed E-state index contributed by atoms with van der Waals surface area (Å²) in [5.74, 6) is 0. The minimum atomic E-state index is -4.51. The van der Waals surface area contributed by atoms with Crippen LogP contribution in [0.4, 0.5) is 13.2 Å². The molecule has 4 rings (SSSR count). The van der Waals surface area contributed by atoms with Crippen molar-refractivity contribution in [2.24, 2.45) is 0 Å². The Labute approximate surface area is 165 Å². The van der Waals surface area contributed by atoms with Crippen molar-refractivity contribution in [3.63, 3.8) is 0 Å². The Morgan fingerprint density at radius 1 is 1.00 bits per heavy atom. The molecule has 0 bridgehead atoms. The van der Waals surface area contributed by atoms with Crippen molar-refractivity contribution < 1.29 is 21.6 Å². The van der Waals surface area contributed by atoms with Crippen LogP contribution < -0.4 is 0 Å². The van der Waals surface area contributed by atoms with Crippen molar-refractivity contribution in [1.29, 1.82) is 0 Å². The summed E-state index contributed by atoms with van der Waals surface area (Å²) >= 11 is 0. The second-order valence-electron chi connectivity index (χ2n) is 6.78. The molecule has 1 saturated heterocycles. The van der Waals surface area contributed by atoms with E-state index in [1.807, 2.05) is 30.3 Å². The Morgan fingerprint density at radius 3 is 2.34 bits per heavy atom. The van der Waals surface area contributed by atoms with Crippen LogP contribution in [0.5, 0.6) is 0 Å². The Bertz CT molecular complexity index is 1100. The molecule has 0 radical (unpaired) electrons. The van der Waals surface area contributed by atoms with Crippen molar-refractivity contribution in [3.8, 4) is 11.3 Å². The van der Waals surface area contributed by atoms with E-state index in [9.17, 15) is 21.6 Å². The molecule has 3 aromatic rings. The smallest absolute Gasteiger partial charge is 0.247 e. The van der Waals surface area contributed by atoms with Crippen LogP contribution in [0.15, 0.2) is 65.7 Å². The van der Waals surface area contributed by atoms with E-state index < -0.39 is 21.8 Å². The predicted molar refractivity (Wildman–Crippen MR) is 99.3 cm³/mol. The lowest BCUT2D eigenvalue weighted by Crippen LogP contribution is -2.29. The first-order chi connectivity index (χ1) is 13.7. The third kappa shape index (κ3) is 3.90. The third-order valence-electron chi connectivity index (χ3n) is 4.90. The van der Waals surface area contributed by atoms with Gasteiger partial charge in [0, 0.05) is 18.7 Å². The van der Waals surface area contributed by atoms with E-state index in [0.29, 0.717) is 12.1 Å². The average molecular weight is 422 g/mol. The molecule has 10 heteroatoms. The molecule has 1 aliphatic rings. The molecule has 1 fully saturated rings. The highest BCUT2D eigenvalue weighted by atomic mass is 32.2. The van der Waals surface area contributed by atoms with E-state index >= 15 is 0 Å². The van der Waals surface area contributed by atoms with Crippen LogP contribution in [0.2, 0.25) is 0 Å². The molecule has 29 heavy (non-hydrogen) atoms. The summed E-state index contributed by atoms with van der Waals surface area (Å²) in [5.41, 5.74) is 0.715. The number of hydrogen-bond acceptors (Lipinski definition) is 4. The molecule has 152 valence electrons. The fourth-order valence-corrected chi connectivity index (χ4v) is 4.80. The van der Waals surface area contributed by atoms with E-state index in [-0.39, 0.29) is 24.0 Å². The second-order valence-corrected chi connectivity index (χ2v) is 8.72. The molecule has 0 spiro atoms. The molecular formula is C19H17F3N4O2S. The van der Waals surface area contributed by atoms with Crippen LogP contribution in [-0.4, -0.2) is 40.8 Å². The first kappa shape index (κ1) is 19.6. The molecule has 0 N–H and O–H groups in total. The Hall–Kier alpha value is -2.72. The van der Waals surface area contributed by atoms with E-state index in [0.717, 1.165) is 29.8 Å². The van der Waals surface area contributed by atoms with E-state index in [1.165, 1.54) is 4.31 Å². The van der Waals surface area contributed by atoms with Crippen molar-refractivity contribution in [2.45, 2.75) is 23.5 Å². The highest BCUT2D eigenvalue weighted by molar-refractivity contribution is 7.89. The van der Waals surface area contributed by atoms with Crippen LogP contribution in [0.25, 0.3) is 11.3 Å². The summed E-state index contributed by atoms with van der Waals surface area (Å²) in [7, 11) is -3.88.